The van der Waals surface area contributed by atoms with Gasteiger partial charge < -0.3 is 10.2 Å². The third-order valence-corrected chi connectivity index (χ3v) is 6.66. The van der Waals surface area contributed by atoms with Crippen molar-refractivity contribution in [1.29, 1.82) is 0 Å². The van der Waals surface area contributed by atoms with E-state index < -0.39 is 52.2 Å². The fraction of sp³-hybridized carbons (Fsp3) is 0.286. The van der Waals surface area contributed by atoms with Crippen LogP contribution in [0.25, 0.3) is 0 Å². The number of hydrogen-bond acceptors (Lipinski definition) is 7. The van der Waals surface area contributed by atoms with Crippen molar-refractivity contribution in [3.05, 3.63) is 68.7 Å². The second kappa shape index (κ2) is 7.76. The number of nitrogens with one attached hydrogen (secondary N) is 1. The fourth-order valence-electron chi connectivity index (χ4n) is 4.66. The molecule has 2 fully saturated rings. The molecule has 5 unspecified atom stereocenters. The first-order valence-electron chi connectivity index (χ1n) is 9.66. The molecule has 32 heavy (non-hydrogen) atoms. The van der Waals surface area contributed by atoms with E-state index >= 15 is 0 Å². The molecule has 2 saturated heterocycles. The lowest BCUT2D eigenvalue weighted by Gasteiger charge is -2.33. The van der Waals surface area contributed by atoms with Crippen molar-refractivity contribution in [2.45, 2.75) is 24.6 Å². The maximum atomic E-state index is 13.5. The van der Waals surface area contributed by atoms with E-state index in [4.69, 9.17) is 0 Å². The number of rotatable bonds is 5. The summed E-state index contributed by atoms with van der Waals surface area (Å²) in [6.45, 7) is 1.25. The van der Waals surface area contributed by atoms with Crippen LogP contribution in [-0.2, 0) is 14.4 Å². The average molecular weight is 504 g/mol. The number of hydrogen-bond donors (Lipinski definition) is 3. The van der Waals surface area contributed by atoms with Gasteiger partial charge in [0.15, 0.2) is 5.54 Å². The summed E-state index contributed by atoms with van der Waals surface area (Å²) < 4.78 is 0.767. The Labute approximate surface area is 190 Å². The molecule has 10 nitrogen and oxygen atoms in total. The van der Waals surface area contributed by atoms with Crippen LogP contribution in [0, 0.1) is 22.0 Å². The van der Waals surface area contributed by atoms with E-state index in [2.05, 4.69) is 21.2 Å². The third-order valence-electron chi connectivity index (χ3n) is 6.14. The summed E-state index contributed by atoms with van der Waals surface area (Å²) in [6.07, 6.45) is -1.52. The molecule has 2 aromatic rings. The minimum Gasteiger partial charge on any atom is -0.480 e. The number of benzene rings is 2. The number of non-ortho nitro benzene ring substituents is 1. The number of nitro benzene ring substituents is 1. The van der Waals surface area contributed by atoms with Gasteiger partial charge in [-0.15, -0.1) is 0 Å². The standard InChI is InChI=1S/C21H18BrN3O7/c1-10(26)21(20(29)30)16-15(17(23-21)11-5-7-12(22)8-6-11)18(27)24(19(16)28)13-3-2-4-14(9-13)25(31)32/h2-10,15-17,23,26H,1H3,(H,29,30). The summed E-state index contributed by atoms with van der Waals surface area (Å²) in [7, 11) is 0. The number of fused-ring (bicyclic) bond motifs is 1. The first-order valence-corrected chi connectivity index (χ1v) is 10.5. The van der Waals surface area contributed by atoms with Gasteiger partial charge in [-0.3, -0.25) is 29.8 Å². The number of anilines is 1. The van der Waals surface area contributed by atoms with E-state index in [1.54, 1.807) is 24.3 Å². The van der Waals surface area contributed by atoms with E-state index in [-0.39, 0.29) is 11.4 Å². The summed E-state index contributed by atoms with van der Waals surface area (Å²) in [5.41, 5.74) is -1.90. The summed E-state index contributed by atoms with van der Waals surface area (Å²) in [6, 6.07) is 11.0. The number of nitro groups is 1. The van der Waals surface area contributed by atoms with Crippen LogP contribution in [0.5, 0.6) is 0 Å². The Hall–Kier alpha value is -3.15. The monoisotopic (exact) mass is 503 g/mol. The SMILES string of the molecule is CC(O)C1(C(=O)O)NC(c2ccc(Br)cc2)C2C(=O)N(c3cccc([N+](=O)[O-])c3)C(=O)C21. The van der Waals surface area contributed by atoms with E-state index in [1.165, 1.54) is 25.1 Å². The first kappa shape index (κ1) is 22.1. The molecule has 2 amide bonds. The molecule has 3 N–H and O–H groups in total. The number of carbonyl (C=O) groups is 3. The quantitative estimate of drug-likeness (QED) is 0.318. The molecule has 11 heteroatoms. The van der Waals surface area contributed by atoms with Crippen molar-refractivity contribution in [2.75, 3.05) is 4.90 Å². The number of aliphatic hydroxyl groups excluding tert-OH is 1. The Kier molecular flexibility index (Phi) is 5.35. The normalized spacial score (nSPS) is 28.0. The molecule has 0 aliphatic carbocycles. The van der Waals surface area contributed by atoms with Gasteiger partial charge in [-0.05, 0) is 30.7 Å². The van der Waals surface area contributed by atoms with Crippen LogP contribution in [0.3, 0.4) is 0 Å². The maximum Gasteiger partial charge on any atom is 0.327 e. The highest BCUT2D eigenvalue weighted by Crippen LogP contribution is 2.51. The Balaban J connectivity index is 1.87. The molecule has 2 aromatic carbocycles. The number of carbonyl (C=O) groups excluding carboxylic acids is 2. The van der Waals surface area contributed by atoms with Gasteiger partial charge >= 0.3 is 5.97 Å². The van der Waals surface area contributed by atoms with Gasteiger partial charge in [-0.25, -0.2) is 4.90 Å². The lowest BCUT2D eigenvalue weighted by atomic mass is 9.76. The lowest BCUT2D eigenvalue weighted by molar-refractivity contribution is -0.384. The zero-order valence-corrected chi connectivity index (χ0v) is 18.2. The number of imide groups is 1. The minimum atomic E-state index is -2.12. The zero-order valence-electron chi connectivity index (χ0n) is 16.6. The Morgan fingerprint density at radius 1 is 1.22 bits per heavy atom. The Bertz CT molecular complexity index is 1140. The van der Waals surface area contributed by atoms with Gasteiger partial charge in [0, 0.05) is 22.6 Å². The molecule has 5 atom stereocenters. The molecular formula is C21H18BrN3O7. The van der Waals surface area contributed by atoms with Gasteiger partial charge in [-0.2, -0.15) is 0 Å². The molecule has 0 radical (unpaired) electrons. The van der Waals surface area contributed by atoms with E-state index in [9.17, 15) is 34.7 Å². The van der Waals surface area contributed by atoms with Crippen LogP contribution < -0.4 is 10.2 Å². The highest BCUT2D eigenvalue weighted by molar-refractivity contribution is 9.10. The number of halogens is 1. The van der Waals surface area contributed by atoms with E-state index in [0.717, 1.165) is 15.4 Å². The van der Waals surface area contributed by atoms with Crippen molar-refractivity contribution in [3.8, 4) is 0 Å². The number of carboxylic acid groups (broad SMARTS) is 1. The number of nitrogens with zero attached hydrogens (tertiary/aromatic N) is 2. The molecule has 166 valence electrons. The predicted molar refractivity (Wildman–Crippen MR) is 115 cm³/mol. The maximum absolute atomic E-state index is 13.5. The highest BCUT2D eigenvalue weighted by atomic mass is 79.9. The van der Waals surface area contributed by atoms with Gasteiger partial charge in [-0.1, -0.05) is 34.1 Å². The van der Waals surface area contributed by atoms with Crippen molar-refractivity contribution < 1.29 is 29.5 Å². The predicted octanol–water partition coefficient (Wildman–Crippen LogP) is 2.01. The Morgan fingerprint density at radius 3 is 2.44 bits per heavy atom. The summed E-state index contributed by atoms with van der Waals surface area (Å²) in [4.78, 5) is 50.6. The zero-order chi connectivity index (χ0) is 23.4. The van der Waals surface area contributed by atoms with Gasteiger partial charge in [0.25, 0.3) is 5.69 Å². The highest BCUT2D eigenvalue weighted by Gasteiger charge is 2.70. The molecule has 4 rings (SSSR count). The minimum absolute atomic E-state index is 0.0250. The molecule has 0 aromatic heterocycles. The van der Waals surface area contributed by atoms with Crippen molar-refractivity contribution in [2.24, 2.45) is 11.8 Å². The molecule has 2 aliphatic heterocycles. The van der Waals surface area contributed by atoms with Crippen molar-refractivity contribution in [1.82, 2.24) is 5.32 Å². The van der Waals surface area contributed by atoms with Crippen LogP contribution >= 0.6 is 15.9 Å². The summed E-state index contributed by atoms with van der Waals surface area (Å²) in [5.74, 6) is -5.54. The van der Waals surface area contributed by atoms with Crippen molar-refractivity contribution in [3.63, 3.8) is 0 Å². The third kappa shape index (κ3) is 3.12. The van der Waals surface area contributed by atoms with Crippen LogP contribution in [0.2, 0.25) is 0 Å². The molecule has 0 spiro atoms. The van der Waals surface area contributed by atoms with Crippen molar-refractivity contribution >= 4 is 45.1 Å². The van der Waals surface area contributed by atoms with Crippen LogP contribution in [0.15, 0.2) is 53.0 Å². The van der Waals surface area contributed by atoms with E-state index in [0.29, 0.717) is 5.56 Å². The summed E-state index contributed by atoms with van der Waals surface area (Å²) in [5, 5.41) is 34.6. The first-order chi connectivity index (χ1) is 15.1. The lowest BCUT2D eigenvalue weighted by Crippen LogP contribution is -2.62. The second-order valence-electron chi connectivity index (χ2n) is 7.82. The number of aliphatic carboxylic acids is 1. The smallest absolute Gasteiger partial charge is 0.327 e. The number of aliphatic hydroxyl groups is 1. The Morgan fingerprint density at radius 2 is 1.88 bits per heavy atom. The van der Waals surface area contributed by atoms with Gasteiger partial charge in [0.1, 0.15) is 0 Å². The molecule has 2 heterocycles. The van der Waals surface area contributed by atoms with Crippen LogP contribution in [0.4, 0.5) is 11.4 Å². The largest absolute Gasteiger partial charge is 0.480 e. The van der Waals surface area contributed by atoms with Crippen LogP contribution in [0.1, 0.15) is 18.5 Å². The topological polar surface area (TPSA) is 150 Å². The molecule has 0 bridgehead atoms. The number of amides is 2. The fourth-order valence-corrected chi connectivity index (χ4v) is 4.92. The second-order valence-corrected chi connectivity index (χ2v) is 8.73. The molecule has 2 aliphatic rings. The van der Waals surface area contributed by atoms with Gasteiger partial charge in [0.2, 0.25) is 11.8 Å². The average Bonchev–Trinajstić information content (AvgIpc) is 3.23. The summed E-state index contributed by atoms with van der Waals surface area (Å²) >= 11 is 3.32. The number of carboxylic acids is 1. The van der Waals surface area contributed by atoms with Crippen LogP contribution in [-0.4, -0.2) is 44.6 Å². The van der Waals surface area contributed by atoms with E-state index in [1.807, 2.05) is 0 Å². The molecular weight excluding hydrogens is 486 g/mol. The molecule has 0 saturated carbocycles. The van der Waals surface area contributed by atoms with Gasteiger partial charge in [0.05, 0.1) is 28.6 Å².